The fraction of sp³-hybridized carbons (Fsp3) is 0.261. The van der Waals surface area contributed by atoms with Gasteiger partial charge in [-0.3, -0.25) is 4.79 Å². The van der Waals surface area contributed by atoms with E-state index in [1.165, 1.54) is 0 Å². The molecular formula is C23H28N4O3. The van der Waals surface area contributed by atoms with Gasteiger partial charge < -0.3 is 31.9 Å². The van der Waals surface area contributed by atoms with Crippen LogP contribution in [0.5, 0.6) is 5.75 Å². The first kappa shape index (κ1) is 21.3. The van der Waals surface area contributed by atoms with Crippen molar-refractivity contribution in [1.29, 1.82) is 0 Å². The van der Waals surface area contributed by atoms with Gasteiger partial charge in [0.15, 0.2) is 0 Å². The Morgan fingerprint density at radius 2 is 1.77 bits per heavy atom. The minimum absolute atomic E-state index is 0.0129. The summed E-state index contributed by atoms with van der Waals surface area (Å²) in [4.78, 5) is 13.0. The monoisotopic (exact) mass is 408 g/mol. The van der Waals surface area contributed by atoms with E-state index in [0.29, 0.717) is 29.1 Å². The van der Waals surface area contributed by atoms with Crippen LogP contribution in [0.4, 0.5) is 0 Å². The third-order valence-electron chi connectivity index (χ3n) is 5.47. The van der Waals surface area contributed by atoms with Gasteiger partial charge in [0.25, 0.3) is 0 Å². The molecule has 1 aliphatic rings. The number of nitrogens with two attached hydrogens (primary N) is 3. The van der Waals surface area contributed by atoms with Crippen LogP contribution < -0.4 is 17.2 Å². The molecule has 0 aliphatic carbocycles. The molecule has 0 radical (unpaired) electrons. The minimum atomic E-state index is -0.231. The van der Waals surface area contributed by atoms with Gasteiger partial charge in [0.2, 0.25) is 0 Å². The molecule has 7 N–H and O–H groups in total. The molecule has 1 fully saturated rings. The topological polar surface area (TPSA) is 128 Å². The van der Waals surface area contributed by atoms with Gasteiger partial charge in [-0.1, -0.05) is 36.4 Å². The first-order chi connectivity index (χ1) is 14.3. The van der Waals surface area contributed by atoms with E-state index in [1.807, 2.05) is 26.0 Å². The average molecular weight is 409 g/mol. The summed E-state index contributed by atoms with van der Waals surface area (Å²) in [6.45, 7) is 4.52. The van der Waals surface area contributed by atoms with Crippen molar-refractivity contribution in [3.8, 4) is 5.75 Å². The number of hydrogen-bond donors (Lipinski definition) is 4. The molecule has 7 heteroatoms. The third kappa shape index (κ3) is 4.41. The normalized spacial score (nSPS) is 21.9. The molecule has 2 aromatic carbocycles. The molecule has 1 aliphatic heterocycles. The molecule has 7 nitrogen and oxygen atoms in total. The number of para-hydroxylation sites is 1. The van der Waals surface area contributed by atoms with Crippen LogP contribution in [0.1, 0.15) is 41.4 Å². The maximum Gasteiger partial charge on any atom is 0.150 e. The Morgan fingerprint density at radius 3 is 2.37 bits per heavy atom. The summed E-state index contributed by atoms with van der Waals surface area (Å²) in [5, 5.41) is 10.1. The average Bonchev–Trinajstić information content (AvgIpc) is 2.74. The summed E-state index contributed by atoms with van der Waals surface area (Å²) in [6.07, 6.45) is 2.16. The molecule has 2 aromatic rings. The van der Waals surface area contributed by atoms with E-state index in [-0.39, 0.29) is 29.8 Å². The predicted octanol–water partition coefficient (Wildman–Crippen LogP) is 2.44. The third-order valence-corrected chi connectivity index (χ3v) is 5.47. The lowest BCUT2D eigenvalue weighted by Gasteiger charge is -2.44. The minimum Gasteiger partial charge on any atom is -0.507 e. The molecule has 3 rings (SSSR count). The van der Waals surface area contributed by atoms with Crippen LogP contribution in [0.15, 0.2) is 66.1 Å². The van der Waals surface area contributed by atoms with E-state index < -0.39 is 0 Å². The number of morpholine rings is 1. The zero-order valence-electron chi connectivity index (χ0n) is 17.2. The number of aldehydes is 1. The molecule has 3 unspecified atom stereocenters. The van der Waals surface area contributed by atoms with Crippen molar-refractivity contribution >= 4 is 12.0 Å². The summed E-state index contributed by atoms with van der Waals surface area (Å²) < 4.78 is 6.20. The van der Waals surface area contributed by atoms with Gasteiger partial charge in [-0.25, -0.2) is 0 Å². The van der Waals surface area contributed by atoms with Crippen LogP contribution in [-0.4, -0.2) is 35.0 Å². The van der Waals surface area contributed by atoms with Crippen molar-refractivity contribution in [2.24, 2.45) is 17.2 Å². The summed E-state index contributed by atoms with van der Waals surface area (Å²) in [5.41, 5.74) is 21.3. The molecule has 158 valence electrons. The SMILES string of the molecule is CC1OC(c2ccc(C=O)cc2)CN(C(/C=C(\N)c2ccccc2O)=C(N)N)C1C. The van der Waals surface area contributed by atoms with E-state index in [9.17, 15) is 9.90 Å². The van der Waals surface area contributed by atoms with Crippen molar-refractivity contribution in [3.05, 3.63) is 82.8 Å². The molecule has 1 heterocycles. The molecular weight excluding hydrogens is 380 g/mol. The van der Waals surface area contributed by atoms with Crippen LogP contribution >= 0.6 is 0 Å². The van der Waals surface area contributed by atoms with Crippen molar-refractivity contribution in [3.63, 3.8) is 0 Å². The number of carbonyl (C=O) groups is 1. The first-order valence-corrected chi connectivity index (χ1v) is 9.79. The lowest BCUT2D eigenvalue weighted by atomic mass is 10.0. The second-order valence-corrected chi connectivity index (χ2v) is 7.46. The number of benzene rings is 2. The van der Waals surface area contributed by atoms with Crippen molar-refractivity contribution < 1.29 is 14.6 Å². The molecule has 30 heavy (non-hydrogen) atoms. The molecule has 0 saturated carbocycles. The zero-order chi connectivity index (χ0) is 21.8. The van der Waals surface area contributed by atoms with E-state index >= 15 is 0 Å². The first-order valence-electron chi connectivity index (χ1n) is 9.79. The Labute approximate surface area is 176 Å². The highest BCUT2D eigenvalue weighted by Crippen LogP contribution is 2.32. The number of rotatable bonds is 5. The molecule has 0 bridgehead atoms. The van der Waals surface area contributed by atoms with Gasteiger partial charge in [-0.15, -0.1) is 0 Å². The number of aromatic hydroxyl groups is 1. The van der Waals surface area contributed by atoms with Crippen LogP contribution in [0.2, 0.25) is 0 Å². The Hall–Kier alpha value is -3.45. The highest BCUT2D eigenvalue weighted by atomic mass is 16.5. The fourth-order valence-electron chi connectivity index (χ4n) is 3.58. The number of carbonyl (C=O) groups excluding carboxylic acids is 1. The second-order valence-electron chi connectivity index (χ2n) is 7.46. The molecule has 1 saturated heterocycles. The number of phenolic OH excluding ortho intramolecular Hbond substituents is 1. The number of nitrogens with zero attached hydrogens (tertiary/aromatic N) is 1. The molecule has 0 aromatic heterocycles. The van der Waals surface area contributed by atoms with Gasteiger partial charge in [-0.2, -0.15) is 0 Å². The predicted molar refractivity (Wildman–Crippen MR) is 117 cm³/mol. The highest BCUT2D eigenvalue weighted by Gasteiger charge is 2.34. The van der Waals surface area contributed by atoms with E-state index in [1.54, 1.807) is 42.5 Å². The standard InChI is InChI=1S/C23H28N4O3/c1-14-15(2)30-22(17-9-7-16(13-28)8-10-17)12-27(14)20(23(25)26)11-19(24)18-5-3-4-6-21(18)29/h3-11,13-15,22,29H,12,24-26H2,1-2H3/b19-11-. The fourth-order valence-corrected chi connectivity index (χ4v) is 3.58. The van der Waals surface area contributed by atoms with Gasteiger partial charge in [0.1, 0.15) is 24.0 Å². The highest BCUT2D eigenvalue weighted by molar-refractivity contribution is 5.74. The van der Waals surface area contributed by atoms with Gasteiger partial charge >= 0.3 is 0 Å². The summed E-state index contributed by atoms with van der Waals surface area (Å²) in [5.74, 6) is 0.210. The van der Waals surface area contributed by atoms with Crippen molar-refractivity contribution in [2.45, 2.75) is 32.1 Å². The Bertz CT molecular complexity index is 965. The lowest BCUT2D eigenvalue weighted by molar-refractivity contribution is -0.0971. The van der Waals surface area contributed by atoms with Crippen LogP contribution in [-0.2, 0) is 4.74 Å². The van der Waals surface area contributed by atoms with Crippen LogP contribution in [0.3, 0.4) is 0 Å². The van der Waals surface area contributed by atoms with Crippen molar-refractivity contribution in [2.75, 3.05) is 6.54 Å². The molecule has 0 spiro atoms. The summed E-state index contributed by atoms with van der Waals surface area (Å²) in [7, 11) is 0. The zero-order valence-corrected chi connectivity index (χ0v) is 17.2. The number of phenols is 1. The Kier molecular flexibility index (Phi) is 6.32. The van der Waals surface area contributed by atoms with Gasteiger partial charge in [-0.05, 0) is 37.6 Å². The van der Waals surface area contributed by atoms with Crippen molar-refractivity contribution in [1.82, 2.24) is 4.90 Å². The largest absolute Gasteiger partial charge is 0.507 e. The van der Waals surface area contributed by atoms with Gasteiger partial charge in [0.05, 0.1) is 17.8 Å². The number of allylic oxidation sites excluding steroid dienone is 1. The Balaban J connectivity index is 1.94. The van der Waals surface area contributed by atoms with E-state index in [2.05, 4.69) is 4.90 Å². The van der Waals surface area contributed by atoms with E-state index in [4.69, 9.17) is 21.9 Å². The second kappa shape index (κ2) is 8.92. The van der Waals surface area contributed by atoms with Crippen LogP contribution in [0.25, 0.3) is 5.70 Å². The maximum absolute atomic E-state index is 10.9. The molecule has 0 amide bonds. The summed E-state index contributed by atoms with van der Waals surface area (Å²) >= 11 is 0. The number of ether oxygens (including phenoxy) is 1. The summed E-state index contributed by atoms with van der Waals surface area (Å²) in [6, 6.07) is 14.1. The lowest BCUT2D eigenvalue weighted by Crippen LogP contribution is -2.49. The maximum atomic E-state index is 10.9. The number of hydrogen-bond acceptors (Lipinski definition) is 7. The van der Waals surface area contributed by atoms with E-state index in [0.717, 1.165) is 11.8 Å². The Morgan fingerprint density at radius 1 is 1.10 bits per heavy atom. The molecule has 3 atom stereocenters. The quantitative estimate of drug-likeness (QED) is 0.442. The smallest absolute Gasteiger partial charge is 0.150 e. The van der Waals surface area contributed by atoms with Crippen LogP contribution in [0, 0.1) is 0 Å². The van der Waals surface area contributed by atoms with Gasteiger partial charge in [0, 0.05) is 23.4 Å².